The van der Waals surface area contributed by atoms with Crippen molar-refractivity contribution < 1.29 is 9.84 Å². The second kappa shape index (κ2) is 7.30. The Morgan fingerprint density at radius 3 is 2.46 bits per heavy atom. The standard InChI is InChI=1S/C10H23NO2/c1-4-7-8-13-9-10(12,5-2)11-6-3/h11-12H,4-9H2,1-3H3. The van der Waals surface area contributed by atoms with E-state index in [1.54, 1.807) is 0 Å². The van der Waals surface area contributed by atoms with E-state index in [-0.39, 0.29) is 0 Å². The smallest absolute Gasteiger partial charge is 0.139 e. The summed E-state index contributed by atoms with van der Waals surface area (Å²) in [6.45, 7) is 7.95. The Balaban J connectivity index is 3.57. The monoisotopic (exact) mass is 189 g/mol. The molecule has 0 aliphatic heterocycles. The van der Waals surface area contributed by atoms with Crippen LogP contribution >= 0.6 is 0 Å². The van der Waals surface area contributed by atoms with Crippen molar-refractivity contribution in [2.45, 2.75) is 45.8 Å². The lowest BCUT2D eigenvalue weighted by atomic mass is 10.2. The van der Waals surface area contributed by atoms with Crippen LogP contribution in [0.3, 0.4) is 0 Å². The molecule has 0 fully saturated rings. The minimum Gasteiger partial charge on any atom is -0.377 e. The summed E-state index contributed by atoms with van der Waals surface area (Å²) in [5, 5.41) is 12.9. The minimum absolute atomic E-state index is 0.386. The van der Waals surface area contributed by atoms with Crippen molar-refractivity contribution in [3.63, 3.8) is 0 Å². The van der Waals surface area contributed by atoms with Crippen LogP contribution < -0.4 is 5.32 Å². The summed E-state index contributed by atoms with van der Waals surface area (Å²) < 4.78 is 5.37. The summed E-state index contributed by atoms with van der Waals surface area (Å²) in [5.41, 5.74) is -0.831. The van der Waals surface area contributed by atoms with Crippen molar-refractivity contribution in [1.29, 1.82) is 0 Å². The number of hydrogen-bond donors (Lipinski definition) is 2. The summed E-state index contributed by atoms with van der Waals surface area (Å²) in [6.07, 6.45) is 2.87. The molecule has 0 saturated heterocycles. The summed E-state index contributed by atoms with van der Waals surface area (Å²) >= 11 is 0. The van der Waals surface area contributed by atoms with Crippen molar-refractivity contribution in [2.24, 2.45) is 0 Å². The summed E-state index contributed by atoms with van der Waals surface area (Å²) in [4.78, 5) is 0. The fourth-order valence-corrected chi connectivity index (χ4v) is 1.09. The Kier molecular flexibility index (Phi) is 7.23. The van der Waals surface area contributed by atoms with Crippen molar-refractivity contribution in [3.05, 3.63) is 0 Å². The lowest BCUT2D eigenvalue weighted by Gasteiger charge is -2.27. The molecule has 3 nitrogen and oxygen atoms in total. The maximum absolute atomic E-state index is 9.88. The van der Waals surface area contributed by atoms with E-state index in [9.17, 15) is 5.11 Å². The van der Waals surface area contributed by atoms with Crippen LogP contribution in [0.25, 0.3) is 0 Å². The first-order chi connectivity index (χ1) is 6.18. The Morgan fingerprint density at radius 1 is 1.31 bits per heavy atom. The highest BCUT2D eigenvalue weighted by atomic mass is 16.5. The van der Waals surface area contributed by atoms with Gasteiger partial charge >= 0.3 is 0 Å². The zero-order chi connectivity index (χ0) is 10.2. The summed E-state index contributed by atoms with van der Waals surface area (Å²) in [5.74, 6) is 0. The van der Waals surface area contributed by atoms with Crippen LogP contribution in [0.2, 0.25) is 0 Å². The maximum atomic E-state index is 9.88. The molecule has 80 valence electrons. The number of rotatable bonds is 8. The Bertz CT molecular complexity index is 119. The van der Waals surface area contributed by atoms with Gasteiger partial charge in [-0.15, -0.1) is 0 Å². The minimum atomic E-state index is -0.831. The predicted octanol–water partition coefficient (Wildman–Crippen LogP) is 1.51. The third-order valence-corrected chi connectivity index (χ3v) is 2.07. The molecular weight excluding hydrogens is 166 g/mol. The van der Waals surface area contributed by atoms with E-state index in [0.717, 1.165) is 26.0 Å². The Morgan fingerprint density at radius 2 is 2.00 bits per heavy atom. The molecule has 0 radical (unpaired) electrons. The quantitative estimate of drug-likeness (QED) is 0.449. The third-order valence-electron chi connectivity index (χ3n) is 2.07. The van der Waals surface area contributed by atoms with E-state index >= 15 is 0 Å². The van der Waals surface area contributed by atoms with Gasteiger partial charge in [-0.05, 0) is 19.4 Å². The van der Waals surface area contributed by atoms with Crippen molar-refractivity contribution >= 4 is 0 Å². The van der Waals surface area contributed by atoms with Gasteiger partial charge in [0.2, 0.25) is 0 Å². The molecule has 0 saturated carbocycles. The number of likely N-dealkylation sites (N-methyl/N-ethyl adjacent to an activating group) is 1. The van der Waals surface area contributed by atoms with Gasteiger partial charge in [0.1, 0.15) is 5.72 Å². The number of ether oxygens (including phenoxy) is 1. The number of nitrogens with one attached hydrogen (secondary N) is 1. The molecule has 0 spiro atoms. The van der Waals surface area contributed by atoms with Gasteiger partial charge in [-0.25, -0.2) is 0 Å². The second-order valence-corrected chi connectivity index (χ2v) is 3.32. The normalized spacial score (nSPS) is 15.7. The maximum Gasteiger partial charge on any atom is 0.139 e. The van der Waals surface area contributed by atoms with Crippen molar-refractivity contribution in [2.75, 3.05) is 19.8 Å². The molecule has 3 heteroatoms. The predicted molar refractivity (Wildman–Crippen MR) is 54.6 cm³/mol. The average molecular weight is 189 g/mol. The molecule has 13 heavy (non-hydrogen) atoms. The van der Waals surface area contributed by atoms with Gasteiger partial charge in [0.05, 0.1) is 6.61 Å². The molecule has 0 rings (SSSR count). The molecule has 1 atom stereocenters. The third kappa shape index (κ3) is 6.02. The van der Waals surface area contributed by atoms with Crippen molar-refractivity contribution in [1.82, 2.24) is 5.32 Å². The zero-order valence-electron chi connectivity index (χ0n) is 9.10. The van der Waals surface area contributed by atoms with E-state index in [2.05, 4.69) is 12.2 Å². The fraction of sp³-hybridized carbons (Fsp3) is 1.00. The Hall–Kier alpha value is -0.120. The van der Waals surface area contributed by atoms with Crippen LogP contribution in [0.1, 0.15) is 40.0 Å². The van der Waals surface area contributed by atoms with E-state index in [1.165, 1.54) is 0 Å². The van der Waals surface area contributed by atoms with Gasteiger partial charge in [-0.1, -0.05) is 27.2 Å². The van der Waals surface area contributed by atoms with Gasteiger partial charge in [-0.3, -0.25) is 5.32 Å². The van der Waals surface area contributed by atoms with E-state index in [1.807, 2.05) is 13.8 Å². The van der Waals surface area contributed by atoms with Crippen LogP contribution in [0, 0.1) is 0 Å². The van der Waals surface area contributed by atoms with E-state index in [0.29, 0.717) is 13.0 Å². The fourth-order valence-electron chi connectivity index (χ4n) is 1.09. The number of aliphatic hydroxyl groups is 1. The SMILES string of the molecule is CCCCOCC(O)(CC)NCC. The molecule has 0 aliphatic rings. The first-order valence-corrected chi connectivity index (χ1v) is 5.23. The summed E-state index contributed by atoms with van der Waals surface area (Å²) in [6, 6.07) is 0. The van der Waals surface area contributed by atoms with Gasteiger partial charge in [-0.2, -0.15) is 0 Å². The molecule has 0 amide bonds. The Labute approximate surface area is 81.5 Å². The molecule has 2 N–H and O–H groups in total. The van der Waals surface area contributed by atoms with Crippen LogP contribution in [0.15, 0.2) is 0 Å². The van der Waals surface area contributed by atoms with E-state index < -0.39 is 5.72 Å². The molecule has 0 aliphatic carbocycles. The highest BCUT2D eigenvalue weighted by Gasteiger charge is 2.22. The highest BCUT2D eigenvalue weighted by molar-refractivity contribution is 4.72. The molecule has 1 unspecified atom stereocenters. The number of unbranched alkanes of at least 4 members (excludes halogenated alkanes) is 1. The van der Waals surface area contributed by atoms with Gasteiger partial charge in [0, 0.05) is 6.61 Å². The van der Waals surface area contributed by atoms with Gasteiger partial charge in [0.25, 0.3) is 0 Å². The number of hydrogen-bond acceptors (Lipinski definition) is 3. The average Bonchev–Trinajstić information content (AvgIpc) is 2.13. The largest absolute Gasteiger partial charge is 0.377 e. The van der Waals surface area contributed by atoms with Crippen molar-refractivity contribution in [3.8, 4) is 0 Å². The van der Waals surface area contributed by atoms with Crippen LogP contribution in [0.5, 0.6) is 0 Å². The molecule has 0 aromatic rings. The first kappa shape index (κ1) is 12.9. The van der Waals surface area contributed by atoms with Crippen LogP contribution in [-0.2, 0) is 4.74 Å². The lowest BCUT2D eigenvalue weighted by molar-refractivity contribution is -0.0712. The summed E-state index contributed by atoms with van der Waals surface area (Å²) in [7, 11) is 0. The van der Waals surface area contributed by atoms with Gasteiger partial charge in [0.15, 0.2) is 0 Å². The van der Waals surface area contributed by atoms with Crippen LogP contribution in [0.4, 0.5) is 0 Å². The topological polar surface area (TPSA) is 41.5 Å². The molecule has 0 aromatic heterocycles. The second-order valence-electron chi connectivity index (χ2n) is 3.32. The molecule has 0 aromatic carbocycles. The molecule has 0 bridgehead atoms. The molecular formula is C10H23NO2. The highest BCUT2D eigenvalue weighted by Crippen LogP contribution is 2.06. The first-order valence-electron chi connectivity index (χ1n) is 5.23. The van der Waals surface area contributed by atoms with Crippen LogP contribution in [-0.4, -0.2) is 30.6 Å². The zero-order valence-corrected chi connectivity index (χ0v) is 9.10. The lowest BCUT2D eigenvalue weighted by Crippen LogP contribution is -2.48. The van der Waals surface area contributed by atoms with Gasteiger partial charge < -0.3 is 9.84 Å². The molecule has 0 heterocycles. The van der Waals surface area contributed by atoms with E-state index in [4.69, 9.17) is 4.74 Å².